The van der Waals surface area contributed by atoms with Gasteiger partial charge in [-0.1, -0.05) is 115 Å². The van der Waals surface area contributed by atoms with Gasteiger partial charge in [-0.25, -0.2) is 15.0 Å². The fourth-order valence-corrected chi connectivity index (χ4v) is 6.26. The summed E-state index contributed by atoms with van der Waals surface area (Å²) in [5.41, 5.74) is 9.22. The molecular weight excluding hydrogens is 502 g/mol. The van der Waals surface area contributed by atoms with E-state index in [0.717, 1.165) is 49.8 Å². The van der Waals surface area contributed by atoms with Crippen LogP contribution in [0.5, 0.6) is 0 Å². The van der Waals surface area contributed by atoms with Gasteiger partial charge in [0.25, 0.3) is 0 Å². The monoisotopic (exact) mass is 523 g/mol. The maximum atomic E-state index is 6.68. The maximum Gasteiger partial charge on any atom is 0.164 e. The Hall–Kier alpha value is -5.61. The Morgan fingerprint density at radius 1 is 0.439 bits per heavy atom. The number of benzene rings is 6. The zero-order chi connectivity index (χ0) is 26.9. The third kappa shape index (κ3) is 3.25. The maximum absolute atomic E-state index is 6.68. The zero-order valence-electron chi connectivity index (χ0n) is 21.9. The highest BCUT2D eigenvalue weighted by Crippen LogP contribution is 2.53. The van der Waals surface area contributed by atoms with E-state index in [0.29, 0.717) is 17.5 Å². The van der Waals surface area contributed by atoms with Gasteiger partial charge < -0.3 is 4.42 Å². The van der Waals surface area contributed by atoms with Crippen molar-refractivity contribution in [3.63, 3.8) is 0 Å². The summed E-state index contributed by atoms with van der Waals surface area (Å²) in [6.45, 7) is 0. The van der Waals surface area contributed by atoms with E-state index in [9.17, 15) is 0 Å². The molecule has 0 amide bonds. The number of para-hydroxylation sites is 1. The topological polar surface area (TPSA) is 51.8 Å². The van der Waals surface area contributed by atoms with Crippen molar-refractivity contribution < 1.29 is 4.42 Å². The number of hydrogen-bond donors (Lipinski definition) is 0. The number of rotatable bonds is 3. The van der Waals surface area contributed by atoms with Crippen molar-refractivity contribution in [1.82, 2.24) is 15.0 Å². The predicted molar refractivity (Wildman–Crippen MR) is 165 cm³/mol. The highest BCUT2D eigenvalue weighted by Gasteiger charge is 2.29. The smallest absolute Gasteiger partial charge is 0.164 e. The molecular formula is C37H21N3O. The lowest BCUT2D eigenvalue weighted by atomic mass is 9.95. The van der Waals surface area contributed by atoms with Gasteiger partial charge >= 0.3 is 0 Å². The van der Waals surface area contributed by atoms with Crippen LogP contribution in [-0.2, 0) is 0 Å². The minimum absolute atomic E-state index is 0.625. The molecule has 0 radical (unpaired) electrons. The molecule has 4 heteroatoms. The Bertz CT molecular complexity index is 2240. The molecule has 2 aromatic heterocycles. The lowest BCUT2D eigenvalue weighted by molar-refractivity contribution is 0.670. The second kappa shape index (κ2) is 8.44. The summed E-state index contributed by atoms with van der Waals surface area (Å²) in [5, 5.41) is 4.55. The average molecular weight is 524 g/mol. The summed E-state index contributed by atoms with van der Waals surface area (Å²) >= 11 is 0. The van der Waals surface area contributed by atoms with E-state index in [1.54, 1.807) is 0 Å². The Morgan fingerprint density at radius 2 is 1.05 bits per heavy atom. The van der Waals surface area contributed by atoms with E-state index >= 15 is 0 Å². The van der Waals surface area contributed by atoms with Gasteiger partial charge in [-0.15, -0.1) is 0 Å². The molecule has 0 spiro atoms. The van der Waals surface area contributed by atoms with Crippen LogP contribution in [0.4, 0.5) is 0 Å². The SMILES string of the molecule is c1ccc(-c2nc(-c3ccccc3)nc(-c3cc4c(c5oc6ccccc6c35)-c3cccc5cccc-4c35)n2)cc1. The molecule has 0 aliphatic heterocycles. The number of fused-ring (bicyclic) bond motifs is 7. The van der Waals surface area contributed by atoms with Crippen LogP contribution < -0.4 is 0 Å². The van der Waals surface area contributed by atoms with Gasteiger partial charge in [-0.3, -0.25) is 0 Å². The first kappa shape index (κ1) is 22.2. The normalized spacial score (nSPS) is 11.9. The summed E-state index contributed by atoms with van der Waals surface area (Å²) in [6, 6.07) is 43.7. The molecule has 0 fully saturated rings. The number of nitrogens with zero attached hydrogens (tertiary/aromatic N) is 3. The highest BCUT2D eigenvalue weighted by atomic mass is 16.3. The third-order valence-corrected chi connectivity index (χ3v) is 8.05. The van der Waals surface area contributed by atoms with Crippen LogP contribution in [-0.4, -0.2) is 15.0 Å². The van der Waals surface area contributed by atoms with Gasteiger partial charge in [-0.05, 0) is 39.6 Å². The Balaban J connectivity index is 1.42. The molecule has 2 heterocycles. The highest BCUT2D eigenvalue weighted by molar-refractivity contribution is 6.25. The summed E-state index contributed by atoms with van der Waals surface area (Å²) in [6.07, 6.45) is 0. The van der Waals surface area contributed by atoms with E-state index in [-0.39, 0.29) is 0 Å². The second-order valence-corrected chi connectivity index (χ2v) is 10.4. The second-order valence-electron chi connectivity index (χ2n) is 10.4. The number of hydrogen-bond acceptors (Lipinski definition) is 4. The van der Waals surface area contributed by atoms with Crippen LogP contribution in [0.15, 0.2) is 132 Å². The van der Waals surface area contributed by atoms with Gasteiger partial charge in [-0.2, -0.15) is 0 Å². The van der Waals surface area contributed by atoms with Crippen molar-refractivity contribution in [3.8, 4) is 56.4 Å². The molecule has 0 bridgehead atoms. The third-order valence-electron chi connectivity index (χ3n) is 8.05. The molecule has 0 N–H and O–H groups in total. The molecule has 0 saturated carbocycles. The summed E-state index contributed by atoms with van der Waals surface area (Å²) in [4.78, 5) is 15.1. The summed E-state index contributed by atoms with van der Waals surface area (Å²) in [7, 11) is 0. The van der Waals surface area contributed by atoms with Crippen molar-refractivity contribution in [2.24, 2.45) is 0 Å². The van der Waals surface area contributed by atoms with Gasteiger partial charge in [0.1, 0.15) is 11.2 Å². The number of aromatic nitrogens is 3. The van der Waals surface area contributed by atoms with Gasteiger partial charge in [0.05, 0.1) is 0 Å². The first-order chi connectivity index (χ1) is 20.3. The molecule has 8 aromatic rings. The van der Waals surface area contributed by atoms with Crippen LogP contribution in [0.2, 0.25) is 0 Å². The van der Waals surface area contributed by atoms with Crippen molar-refractivity contribution >= 4 is 32.7 Å². The summed E-state index contributed by atoms with van der Waals surface area (Å²) < 4.78 is 6.68. The van der Waals surface area contributed by atoms with Crippen molar-refractivity contribution in [2.75, 3.05) is 0 Å². The lowest BCUT2D eigenvalue weighted by Crippen LogP contribution is -2.00. The van der Waals surface area contributed by atoms with Crippen LogP contribution in [0.1, 0.15) is 0 Å². The molecule has 0 saturated heterocycles. The molecule has 0 unspecified atom stereocenters. The fraction of sp³-hybridized carbons (Fsp3) is 0. The Kier molecular flexibility index (Phi) is 4.58. The van der Waals surface area contributed by atoms with Crippen LogP contribution in [0, 0.1) is 0 Å². The lowest BCUT2D eigenvalue weighted by Gasteiger charge is -2.12. The molecule has 190 valence electrons. The fourth-order valence-electron chi connectivity index (χ4n) is 6.26. The van der Waals surface area contributed by atoms with E-state index in [1.807, 2.05) is 72.8 Å². The largest absolute Gasteiger partial charge is 0.455 e. The quantitative estimate of drug-likeness (QED) is 0.231. The first-order valence-corrected chi connectivity index (χ1v) is 13.7. The zero-order valence-corrected chi connectivity index (χ0v) is 21.9. The van der Waals surface area contributed by atoms with Gasteiger partial charge in [0.15, 0.2) is 17.5 Å². The average Bonchev–Trinajstić information content (AvgIpc) is 3.59. The molecule has 1 aliphatic rings. The molecule has 41 heavy (non-hydrogen) atoms. The predicted octanol–water partition coefficient (Wildman–Crippen LogP) is 9.57. The van der Waals surface area contributed by atoms with E-state index in [2.05, 4.69) is 54.6 Å². The Labute approximate surface area is 235 Å². The van der Waals surface area contributed by atoms with Crippen LogP contribution in [0.25, 0.3) is 89.1 Å². The van der Waals surface area contributed by atoms with E-state index in [4.69, 9.17) is 19.4 Å². The standard InChI is InChI=1S/C37H21N3O/c1-3-11-23(12-4-1)35-38-36(24-13-5-2-6-14-24)40-37(39-35)29-21-28-25-18-9-15-22-16-10-19-27(31(22)25)33(28)34-32(29)26-17-7-8-20-30(26)41-34/h1-21H. The molecule has 9 rings (SSSR count). The summed E-state index contributed by atoms with van der Waals surface area (Å²) in [5.74, 6) is 1.91. The van der Waals surface area contributed by atoms with Crippen molar-refractivity contribution in [2.45, 2.75) is 0 Å². The van der Waals surface area contributed by atoms with Crippen molar-refractivity contribution in [3.05, 3.63) is 127 Å². The minimum atomic E-state index is 0.625. The minimum Gasteiger partial charge on any atom is -0.455 e. The van der Waals surface area contributed by atoms with Crippen LogP contribution >= 0.6 is 0 Å². The molecule has 6 aromatic carbocycles. The van der Waals surface area contributed by atoms with Gasteiger partial charge in [0, 0.05) is 33.0 Å². The molecule has 1 aliphatic carbocycles. The van der Waals surface area contributed by atoms with Crippen LogP contribution in [0.3, 0.4) is 0 Å². The van der Waals surface area contributed by atoms with Crippen molar-refractivity contribution in [1.29, 1.82) is 0 Å². The first-order valence-electron chi connectivity index (χ1n) is 13.7. The van der Waals surface area contributed by atoms with E-state index < -0.39 is 0 Å². The van der Waals surface area contributed by atoms with E-state index in [1.165, 1.54) is 21.9 Å². The molecule has 4 nitrogen and oxygen atoms in total. The number of furan rings is 1. The Morgan fingerprint density at radius 3 is 1.76 bits per heavy atom. The molecule has 0 atom stereocenters. The van der Waals surface area contributed by atoms with Gasteiger partial charge in [0.2, 0.25) is 0 Å².